The van der Waals surface area contributed by atoms with Crippen LogP contribution in [0.3, 0.4) is 0 Å². The summed E-state index contributed by atoms with van der Waals surface area (Å²) in [6.07, 6.45) is 0. The molecular weight excluding hydrogens is 317 g/mol. The number of halogens is 1. The van der Waals surface area contributed by atoms with Gasteiger partial charge < -0.3 is 24.3 Å². The van der Waals surface area contributed by atoms with Crippen molar-refractivity contribution in [2.45, 2.75) is 0 Å². The predicted molar refractivity (Wildman–Crippen MR) is 86.6 cm³/mol. The number of carbonyl (C=O) groups excluding carboxylic acids is 1. The molecule has 0 aliphatic carbocycles. The van der Waals surface area contributed by atoms with E-state index in [4.69, 9.17) is 18.9 Å². The second-order valence-corrected chi connectivity index (χ2v) is 4.70. The zero-order chi connectivity index (χ0) is 17.5. The summed E-state index contributed by atoms with van der Waals surface area (Å²) in [5, 5.41) is 2.65. The first-order valence-corrected chi connectivity index (χ1v) is 7.05. The Balaban J connectivity index is 2.10. The van der Waals surface area contributed by atoms with Crippen LogP contribution in [0, 0.1) is 5.82 Å². The van der Waals surface area contributed by atoms with Gasteiger partial charge in [0.15, 0.2) is 6.61 Å². The van der Waals surface area contributed by atoms with Crippen LogP contribution < -0.4 is 24.3 Å². The predicted octanol–water partition coefficient (Wildman–Crippen LogP) is 2.87. The zero-order valence-corrected chi connectivity index (χ0v) is 13.6. The van der Waals surface area contributed by atoms with Crippen LogP contribution in [0.15, 0.2) is 36.4 Å². The van der Waals surface area contributed by atoms with Crippen molar-refractivity contribution >= 4 is 11.6 Å². The molecule has 0 unspecified atom stereocenters. The molecule has 2 aromatic rings. The lowest BCUT2D eigenvalue weighted by Gasteiger charge is -2.16. The third-order valence-electron chi connectivity index (χ3n) is 3.15. The molecule has 24 heavy (non-hydrogen) atoms. The van der Waals surface area contributed by atoms with Crippen LogP contribution in [0.25, 0.3) is 0 Å². The Morgan fingerprint density at radius 2 is 1.67 bits per heavy atom. The van der Waals surface area contributed by atoms with E-state index in [1.807, 2.05) is 0 Å². The maximum atomic E-state index is 13.1. The summed E-state index contributed by atoms with van der Waals surface area (Å²) in [7, 11) is 4.44. The van der Waals surface area contributed by atoms with Crippen molar-refractivity contribution < 1.29 is 28.1 Å². The van der Waals surface area contributed by atoms with E-state index in [0.29, 0.717) is 22.9 Å². The number of hydrogen-bond donors (Lipinski definition) is 1. The number of ether oxygens (including phenoxy) is 4. The first kappa shape index (κ1) is 17.4. The van der Waals surface area contributed by atoms with Gasteiger partial charge in [0.1, 0.15) is 34.5 Å². The summed E-state index contributed by atoms with van der Waals surface area (Å²) in [5.41, 5.74) is 0.355. The van der Waals surface area contributed by atoms with Gasteiger partial charge >= 0.3 is 0 Å². The molecule has 0 aromatic heterocycles. The Hall–Kier alpha value is -2.96. The van der Waals surface area contributed by atoms with Crippen molar-refractivity contribution in [3.63, 3.8) is 0 Å². The Morgan fingerprint density at radius 3 is 2.21 bits per heavy atom. The van der Waals surface area contributed by atoms with E-state index in [0.717, 1.165) is 0 Å². The summed E-state index contributed by atoms with van der Waals surface area (Å²) in [6.45, 7) is -0.290. The van der Waals surface area contributed by atoms with Gasteiger partial charge in [-0.1, -0.05) is 6.07 Å². The second-order valence-electron chi connectivity index (χ2n) is 4.70. The molecule has 0 saturated carbocycles. The standard InChI is InChI=1S/C17H18FNO5/c1-21-13-8-14(22-2)17(15(9-13)23-3)19-16(20)10-24-12-6-4-5-11(18)7-12/h4-9H,10H2,1-3H3,(H,19,20). The number of methoxy groups -OCH3 is 3. The molecule has 0 fully saturated rings. The molecule has 2 rings (SSSR count). The van der Waals surface area contributed by atoms with E-state index in [9.17, 15) is 9.18 Å². The zero-order valence-electron chi connectivity index (χ0n) is 13.6. The molecule has 0 heterocycles. The van der Waals surface area contributed by atoms with Gasteiger partial charge in [-0.3, -0.25) is 4.79 Å². The van der Waals surface area contributed by atoms with E-state index in [1.165, 1.54) is 39.5 Å². The molecule has 7 heteroatoms. The Bertz CT molecular complexity index is 695. The lowest BCUT2D eigenvalue weighted by atomic mass is 10.2. The highest BCUT2D eigenvalue weighted by Gasteiger charge is 2.16. The number of anilines is 1. The molecule has 0 atom stereocenters. The summed E-state index contributed by atoms with van der Waals surface area (Å²) >= 11 is 0. The van der Waals surface area contributed by atoms with Gasteiger partial charge in [-0.2, -0.15) is 0 Å². The number of nitrogens with one attached hydrogen (secondary N) is 1. The topological polar surface area (TPSA) is 66.0 Å². The monoisotopic (exact) mass is 335 g/mol. The lowest BCUT2D eigenvalue weighted by Crippen LogP contribution is -2.21. The fourth-order valence-corrected chi connectivity index (χ4v) is 2.01. The Morgan fingerprint density at radius 1 is 1.00 bits per heavy atom. The molecule has 2 aromatic carbocycles. The van der Waals surface area contributed by atoms with E-state index in [1.54, 1.807) is 18.2 Å². The SMILES string of the molecule is COc1cc(OC)c(NC(=O)COc2cccc(F)c2)c(OC)c1. The normalized spacial score (nSPS) is 10.0. The molecule has 0 radical (unpaired) electrons. The second kappa shape index (κ2) is 8.05. The molecule has 6 nitrogen and oxygen atoms in total. The minimum absolute atomic E-state index is 0.263. The smallest absolute Gasteiger partial charge is 0.262 e. The summed E-state index contributed by atoms with van der Waals surface area (Å²) < 4.78 is 34.0. The van der Waals surface area contributed by atoms with E-state index < -0.39 is 11.7 Å². The Labute approximate surface area is 139 Å². The molecule has 0 bridgehead atoms. The highest BCUT2D eigenvalue weighted by atomic mass is 19.1. The van der Waals surface area contributed by atoms with Crippen molar-refractivity contribution in [3.8, 4) is 23.0 Å². The molecule has 0 aliphatic heterocycles. The molecule has 1 N–H and O–H groups in total. The maximum absolute atomic E-state index is 13.1. The quantitative estimate of drug-likeness (QED) is 0.843. The van der Waals surface area contributed by atoms with Crippen LogP contribution in [-0.4, -0.2) is 33.8 Å². The first-order valence-electron chi connectivity index (χ1n) is 7.05. The van der Waals surface area contributed by atoms with Gasteiger partial charge in [0.05, 0.1) is 21.3 Å². The third-order valence-corrected chi connectivity index (χ3v) is 3.15. The van der Waals surface area contributed by atoms with E-state index >= 15 is 0 Å². The summed E-state index contributed by atoms with van der Waals surface area (Å²) in [4.78, 5) is 12.1. The fraction of sp³-hybridized carbons (Fsp3) is 0.235. The van der Waals surface area contributed by atoms with Crippen molar-refractivity contribution in [3.05, 3.63) is 42.2 Å². The highest BCUT2D eigenvalue weighted by molar-refractivity contribution is 5.95. The van der Waals surface area contributed by atoms with Gasteiger partial charge in [0.25, 0.3) is 5.91 Å². The van der Waals surface area contributed by atoms with Crippen LogP contribution >= 0.6 is 0 Å². The maximum Gasteiger partial charge on any atom is 0.262 e. The van der Waals surface area contributed by atoms with Crippen LogP contribution in [0.1, 0.15) is 0 Å². The van der Waals surface area contributed by atoms with Crippen LogP contribution in [0.5, 0.6) is 23.0 Å². The average Bonchev–Trinajstić information content (AvgIpc) is 2.60. The molecule has 0 spiro atoms. The van der Waals surface area contributed by atoms with Crippen LogP contribution in [0.4, 0.5) is 10.1 Å². The minimum Gasteiger partial charge on any atom is -0.496 e. The van der Waals surface area contributed by atoms with Gasteiger partial charge in [-0.05, 0) is 12.1 Å². The van der Waals surface area contributed by atoms with Crippen molar-refractivity contribution in [1.82, 2.24) is 0 Å². The third kappa shape index (κ3) is 4.28. The number of amides is 1. The average molecular weight is 335 g/mol. The summed E-state index contributed by atoms with van der Waals surface area (Å²) in [5.74, 6) is 0.666. The van der Waals surface area contributed by atoms with Crippen molar-refractivity contribution in [2.75, 3.05) is 33.3 Å². The number of benzene rings is 2. The van der Waals surface area contributed by atoms with Crippen LogP contribution in [0.2, 0.25) is 0 Å². The molecular formula is C17H18FNO5. The van der Waals surface area contributed by atoms with Gasteiger partial charge in [-0.25, -0.2) is 4.39 Å². The van der Waals surface area contributed by atoms with E-state index in [2.05, 4.69) is 5.32 Å². The number of carbonyl (C=O) groups is 1. The van der Waals surface area contributed by atoms with Crippen molar-refractivity contribution in [1.29, 1.82) is 0 Å². The van der Waals surface area contributed by atoms with Crippen LogP contribution in [-0.2, 0) is 4.79 Å². The number of hydrogen-bond acceptors (Lipinski definition) is 5. The Kier molecular flexibility index (Phi) is 5.83. The van der Waals surface area contributed by atoms with E-state index in [-0.39, 0.29) is 12.4 Å². The molecule has 1 amide bonds. The first-order chi connectivity index (χ1) is 11.6. The lowest BCUT2D eigenvalue weighted by molar-refractivity contribution is -0.118. The highest BCUT2D eigenvalue weighted by Crippen LogP contribution is 2.38. The van der Waals surface area contributed by atoms with Gasteiger partial charge in [0.2, 0.25) is 0 Å². The fourth-order valence-electron chi connectivity index (χ4n) is 2.01. The molecule has 0 saturated heterocycles. The van der Waals surface area contributed by atoms with Gasteiger partial charge in [-0.15, -0.1) is 0 Å². The number of rotatable bonds is 7. The van der Waals surface area contributed by atoms with Crippen molar-refractivity contribution in [2.24, 2.45) is 0 Å². The molecule has 0 aliphatic rings. The molecule has 128 valence electrons. The van der Waals surface area contributed by atoms with Gasteiger partial charge in [0, 0.05) is 18.2 Å². The minimum atomic E-state index is -0.443. The largest absolute Gasteiger partial charge is 0.496 e. The summed E-state index contributed by atoms with van der Waals surface area (Å²) in [6, 6.07) is 8.78.